The van der Waals surface area contributed by atoms with Crippen LogP contribution < -0.4 is 5.73 Å². The molecule has 0 radical (unpaired) electrons. The summed E-state index contributed by atoms with van der Waals surface area (Å²) in [7, 11) is 0. The smallest absolute Gasteiger partial charge is 0.209 e. The molecule has 1 aromatic rings. The maximum absolute atomic E-state index is 10.8. The molecule has 0 spiro atoms. The van der Waals surface area contributed by atoms with Gasteiger partial charge in [-0.3, -0.25) is 4.79 Å². The Balaban J connectivity index is 2.19. The molecule has 1 aliphatic rings. The van der Waals surface area contributed by atoms with E-state index < -0.39 is 0 Å². The summed E-state index contributed by atoms with van der Waals surface area (Å²) in [5.74, 6) is 0.457. The number of carbonyl (C=O) groups is 1. The zero-order valence-electron chi connectivity index (χ0n) is 9.43. The maximum Gasteiger partial charge on any atom is 0.209 e. The SMILES string of the molecule is NCc1ccccc1C1CCCN(C=O)C1. The number of nitrogens with two attached hydrogens (primary N) is 1. The number of carbonyl (C=O) groups excluding carboxylic acids is 1. The fourth-order valence-electron chi connectivity index (χ4n) is 2.47. The topological polar surface area (TPSA) is 46.3 Å². The Morgan fingerprint density at radius 1 is 1.44 bits per heavy atom. The van der Waals surface area contributed by atoms with E-state index in [1.54, 1.807) is 0 Å². The largest absolute Gasteiger partial charge is 0.345 e. The number of likely N-dealkylation sites (tertiary alicyclic amines) is 1. The lowest BCUT2D eigenvalue weighted by Crippen LogP contribution is -2.33. The molecule has 1 heterocycles. The van der Waals surface area contributed by atoms with Crippen molar-refractivity contribution in [2.45, 2.75) is 25.3 Å². The Labute approximate surface area is 96.2 Å². The Hall–Kier alpha value is -1.35. The average molecular weight is 218 g/mol. The summed E-state index contributed by atoms with van der Waals surface area (Å²) in [6.45, 7) is 2.30. The molecule has 1 saturated heterocycles. The molecule has 3 heteroatoms. The molecular weight excluding hydrogens is 200 g/mol. The van der Waals surface area contributed by atoms with Gasteiger partial charge in [-0.2, -0.15) is 0 Å². The molecule has 0 aliphatic carbocycles. The number of hydrogen-bond donors (Lipinski definition) is 1. The van der Waals surface area contributed by atoms with Gasteiger partial charge in [-0.15, -0.1) is 0 Å². The molecule has 0 bridgehead atoms. The highest BCUT2D eigenvalue weighted by Crippen LogP contribution is 2.28. The van der Waals surface area contributed by atoms with Crippen LogP contribution in [0.5, 0.6) is 0 Å². The maximum atomic E-state index is 10.8. The van der Waals surface area contributed by atoms with E-state index in [2.05, 4.69) is 12.1 Å². The van der Waals surface area contributed by atoms with Crippen molar-refractivity contribution < 1.29 is 4.79 Å². The highest BCUT2D eigenvalue weighted by atomic mass is 16.1. The zero-order valence-corrected chi connectivity index (χ0v) is 9.43. The molecule has 16 heavy (non-hydrogen) atoms. The van der Waals surface area contributed by atoms with Gasteiger partial charge in [0.2, 0.25) is 6.41 Å². The predicted molar refractivity (Wildman–Crippen MR) is 63.9 cm³/mol. The molecule has 2 N–H and O–H groups in total. The first-order chi connectivity index (χ1) is 7.85. The van der Waals surface area contributed by atoms with Crippen molar-refractivity contribution in [1.82, 2.24) is 4.90 Å². The normalized spacial score (nSPS) is 20.8. The number of benzene rings is 1. The summed E-state index contributed by atoms with van der Waals surface area (Å²) in [6, 6.07) is 8.29. The molecule has 1 unspecified atom stereocenters. The standard InChI is InChI=1S/C13H18N2O/c14-8-11-4-1-2-6-13(11)12-5-3-7-15(9-12)10-16/h1-2,4,6,10,12H,3,5,7-9,14H2. The van der Waals surface area contributed by atoms with Gasteiger partial charge in [0.1, 0.15) is 0 Å². The number of piperidine rings is 1. The minimum absolute atomic E-state index is 0.457. The van der Waals surface area contributed by atoms with Gasteiger partial charge in [0.25, 0.3) is 0 Å². The van der Waals surface area contributed by atoms with Crippen LogP contribution in [0.1, 0.15) is 29.9 Å². The van der Waals surface area contributed by atoms with Gasteiger partial charge in [-0.25, -0.2) is 0 Å². The summed E-state index contributed by atoms with van der Waals surface area (Å²) in [5, 5.41) is 0. The molecule has 1 aliphatic heterocycles. The van der Waals surface area contributed by atoms with E-state index in [-0.39, 0.29) is 0 Å². The summed E-state index contributed by atoms with van der Waals surface area (Å²) < 4.78 is 0. The van der Waals surface area contributed by atoms with Gasteiger partial charge < -0.3 is 10.6 Å². The summed E-state index contributed by atoms with van der Waals surface area (Å²) >= 11 is 0. The molecular formula is C13H18N2O. The lowest BCUT2D eigenvalue weighted by Gasteiger charge is -2.31. The van der Waals surface area contributed by atoms with Crippen molar-refractivity contribution in [2.75, 3.05) is 13.1 Å². The van der Waals surface area contributed by atoms with Crippen LogP contribution in [0, 0.1) is 0 Å². The molecule has 1 amide bonds. The first kappa shape index (κ1) is 11.1. The van der Waals surface area contributed by atoms with Gasteiger partial charge in [0, 0.05) is 25.6 Å². The molecule has 86 valence electrons. The highest BCUT2D eigenvalue weighted by Gasteiger charge is 2.21. The number of rotatable bonds is 3. The second-order valence-electron chi connectivity index (χ2n) is 4.34. The van der Waals surface area contributed by atoms with Crippen LogP contribution in [-0.2, 0) is 11.3 Å². The Bertz CT molecular complexity index is 365. The van der Waals surface area contributed by atoms with Crippen molar-refractivity contribution in [3.05, 3.63) is 35.4 Å². The Morgan fingerprint density at radius 2 is 2.25 bits per heavy atom. The third kappa shape index (κ3) is 2.25. The van der Waals surface area contributed by atoms with Crippen molar-refractivity contribution in [3.8, 4) is 0 Å². The molecule has 3 nitrogen and oxygen atoms in total. The van der Waals surface area contributed by atoms with Crippen LogP contribution in [0.25, 0.3) is 0 Å². The third-order valence-corrected chi connectivity index (χ3v) is 3.32. The van der Waals surface area contributed by atoms with E-state index in [4.69, 9.17) is 5.73 Å². The van der Waals surface area contributed by atoms with Gasteiger partial charge in [0.15, 0.2) is 0 Å². The van der Waals surface area contributed by atoms with Crippen LogP contribution in [0.4, 0.5) is 0 Å². The lowest BCUT2D eigenvalue weighted by molar-refractivity contribution is -0.119. The van der Waals surface area contributed by atoms with Crippen molar-refractivity contribution in [3.63, 3.8) is 0 Å². The average Bonchev–Trinajstić information content (AvgIpc) is 2.38. The molecule has 1 fully saturated rings. The van der Waals surface area contributed by atoms with Gasteiger partial charge in [-0.1, -0.05) is 24.3 Å². The van der Waals surface area contributed by atoms with Gasteiger partial charge in [0.05, 0.1) is 0 Å². The molecule has 1 atom stereocenters. The van der Waals surface area contributed by atoms with E-state index in [1.807, 2.05) is 17.0 Å². The molecule has 0 saturated carbocycles. The van der Waals surface area contributed by atoms with E-state index in [0.717, 1.165) is 32.3 Å². The van der Waals surface area contributed by atoms with E-state index in [9.17, 15) is 4.79 Å². The van der Waals surface area contributed by atoms with E-state index in [1.165, 1.54) is 11.1 Å². The Morgan fingerprint density at radius 3 is 3.00 bits per heavy atom. The second kappa shape index (κ2) is 5.12. The third-order valence-electron chi connectivity index (χ3n) is 3.32. The Kier molecular flexibility index (Phi) is 3.57. The number of hydrogen-bond acceptors (Lipinski definition) is 2. The van der Waals surface area contributed by atoms with Crippen LogP contribution >= 0.6 is 0 Å². The van der Waals surface area contributed by atoms with Crippen LogP contribution in [0.15, 0.2) is 24.3 Å². The van der Waals surface area contributed by atoms with Crippen LogP contribution in [-0.4, -0.2) is 24.4 Å². The second-order valence-corrected chi connectivity index (χ2v) is 4.34. The fraction of sp³-hybridized carbons (Fsp3) is 0.462. The fourth-order valence-corrected chi connectivity index (χ4v) is 2.47. The number of nitrogens with zero attached hydrogens (tertiary/aromatic N) is 1. The van der Waals surface area contributed by atoms with Gasteiger partial charge >= 0.3 is 0 Å². The van der Waals surface area contributed by atoms with E-state index in [0.29, 0.717) is 12.5 Å². The van der Waals surface area contributed by atoms with Crippen molar-refractivity contribution in [1.29, 1.82) is 0 Å². The van der Waals surface area contributed by atoms with E-state index >= 15 is 0 Å². The first-order valence-electron chi connectivity index (χ1n) is 5.82. The quantitative estimate of drug-likeness (QED) is 0.781. The number of amides is 1. The lowest BCUT2D eigenvalue weighted by atomic mass is 9.88. The minimum Gasteiger partial charge on any atom is -0.345 e. The van der Waals surface area contributed by atoms with Crippen LogP contribution in [0.3, 0.4) is 0 Å². The minimum atomic E-state index is 0.457. The molecule has 1 aromatic carbocycles. The monoisotopic (exact) mass is 218 g/mol. The predicted octanol–water partition coefficient (Wildman–Crippen LogP) is 1.48. The van der Waals surface area contributed by atoms with Crippen LogP contribution in [0.2, 0.25) is 0 Å². The molecule has 2 rings (SSSR count). The van der Waals surface area contributed by atoms with Crippen molar-refractivity contribution in [2.24, 2.45) is 5.73 Å². The van der Waals surface area contributed by atoms with Gasteiger partial charge in [-0.05, 0) is 24.0 Å². The zero-order chi connectivity index (χ0) is 11.4. The summed E-state index contributed by atoms with van der Waals surface area (Å²) in [5.41, 5.74) is 8.27. The highest BCUT2D eigenvalue weighted by molar-refractivity contribution is 5.48. The summed E-state index contributed by atoms with van der Waals surface area (Å²) in [6.07, 6.45) is 3.20. The first-order valence-corrected chi connectivity index (χ1v) is 5.82. The van der Waals surface area contributed by atoms with Crippen molar-refractivity contribution >= 4 is 6.41 Å². The molecule has 0 aromatic heterocycles. The summed E-state index contributed by atoms with van der Waals surface area (Å²) in [4.78, 5) is 12.7.